The van der Waals surface area contributed by atoms with Crippen LogP contribution in [0.2, 0.25) is 10.0 Å². The summed E-state index contributed by atoms with van der Waals surface area (Å²) in [6.45, 7) is 0. The minimum Gasteiger partial charge on any atom is -0.0918 e. The van der Waals surface area contributed by atoms with Crippen LogP contribution < -0.4 is 0 Å². The second kappa shape index (κ2) is 7.83. The molecule has 0 heterocycles. The maximum Gasteiger partial charge on any atom is 0.0453 e. The van der Waals surface area contributed by atoms with Gasteiger partial charge >= 0.3 is 0 Å². The van der Waals surface area contributed by atoms with Crippen molar-refractivity contribution in [3.8, 4) is 0 Å². The Bertz CT molecular complexity index is 604. The van der Waals surface area contributed by atoms with Gasteiger partial charge in [-0.1, -0.05) is 89.2 Å². The summed E-state index contributed by atoms with van der Waals surface area (Å²) in [5.74, 6) is 0. The number of hydrogen-bond acceptors (Lipinski definition) is 0. The summed E-state index contributed by atoms with van der Waals surface area (Å²) in [6.07, 6.45) is 0.762. The molecule has 0 aromatic heterocycles. The molecule has 0 atom stereocenters. The van der Waals surface area contributed by atoms with Crippen LogP contribution in [-0.2, 0) is 11.8 Å². The zero-order chi connectivity index (χ0) is 15.5. The van der Waals surface area contributed by atoms with Gasteiger partial charge in [0, 0.05) is 30.6 Å². The van der Waals surface area contributed by atoms with Crippen LogP contribution in [0.4, 0.5) is 0 Å². The van der Waals surface area contributed by atoms with Crippen molar-refractivity contribution in [2.45, 2.75) is 11.8 Å². The van der Waals surface area contributed by atoms with Gasteiger partial charge < -0.3 is 0 Å². The third-order valence-electron chi connectivity index (χ3n) is 3.53. The normalized spacial score (nSPS) is 11.7. The van der Waals surface area contributed by atoms with E-state index in [1.165, 1.54) is 5.56 Å². The molecule has 0 aliphatic carbocycles. The Balaban J connectivity index is 2.48. The van der Waals surface area contributed by atoms with Crippen LogP contribution in [0.1, 0.15) is 11.1 Å². The predicted molar refractivity (Wildman–Crippen MR) is 104 cm³/mol. The number of halogens is 5. The lowest BCUT2D eigenvalue weighted by Gasteiger charge is -2.32. The summed E-state index contributed by atoms with van der Waals surface area (Å²) in [5.41, 5.74) is 2.11. The second-order valence-corrected chi connectivity index (χ2v) is 7.79. The van der Waals surface area contributed by atoms with Gasteiger partial charge in [-0.15, -0.1) is 0 Å². The Morgan fingerprint density at radius 1 is 0.905 bits per heavy atom. The van der Waals surface area contributed by atoms with Crippen molar-refractivity contribution in [2.24, 2.45) is 0 Å². The van der Waals surface area contributed by atoms with Crippen LogP contribution >= 0.6 is 71.0 Å². The molecule has 0 unspecified atom stereocenters. The summed E-state index contributed by atoms with van der Waals surface area (Å²) >= 11 is 23.6. The second-order valence-electron chi connectivity index (χ2n) is 4.93. The first-order valence-electron chi connectivity index (χ1n) is 6.33. The Morgan fingerprint density at radius 2 is 1.48 bits per heavy atom. The van der Waals surface area contributed by atoms with Crippen molar-refractivity contribution in [1.82, 2.24) is 0 Å². The Labute approximate surface area is 160 Å². The summed E-state index contributed by atoms with van der Waals surface area (Å²) < 4.78 is 1.07. The average molecular weight is 516 g/mol. The fourth-order valence-corrected chi connectivity index (χ4v) is 5.15. The van der Waals surface area contributed by atoms with Crippen molar-refractivity contribution in [3.05, 3.63) is 68.1 Å². The van der Waals surface area contributed by atoms with E-state index in [4.69, 9.17) is 23.2 Å². The molecule has 0 fully saturated rings. The van der Waals surface area contributed by atoms with Crippen molar-refractivity contribution in [2.75, 3.05) is 10.7 Å². The summed E-state index contributed by atoms with van der Waals surface area (Å²) in [6, 6.07) is 14.0. The van der Waals surface area contributed by atoms with E-state index >= 15 is 0 Å². The molecule has 0 saturated carbocycles. The number of hydrogen-bond donors (Lipinski definition) is 0. The molecule has 112 valence electrons. The molecule has 5 heteroatoms. The topological polar surface area (TPSA) is 0 Å². The van der Waals surface area contributed by atoms with Crippen LogP contribution in [0.5, 0.6) is 0 Å². The molecule has 0 spiro atoms. The highest BCUT2D eigenvalue weighted by atomic mass is 79.9. The molecule has 0 bridgehead atoms. The van der Waals surface area contributed by atoms with Gasteiger partial charge in [-0.05, 0) is 41.8 Å². The molecule has 21 heavy (non-hydrogen) atoms. The number of benzene rings is 2. The van der Waals surface area contributed by atoms with Gasteiger partial charge in [0.05, 0.1) is 0 Å². The van der Waals surface area contributed by atoms with Crippen LogP contribution in [0.25, 0.3) is 0 Å². The molecule has 0 N–H and O–H groups in total. The zero-order valence-electron chi connectivity index (χ0n) is 11.1. The molecule has 2 rings (SSSR count). The number of alkyl halides is 2. The molecule has 0 amide bonds. The average Bonchev–Trinajstić information content (AvgIpc) is 2.48. The summed E-state index contributed by atoms with van der Waals surface area (Å²) in [4.78, 5) is 0. The van der Waals surface area contributed by atoms with Crippen molar-refractivity contribution < 1.29 is 0 Å². The number of rotatable bonds is 5. The van der Waals surface area contributed by atoms with Gasteiger partial charge in [-0.2, -0.15) is 0 Å². The van der Waals surface area contributed by atoms with Gasteiger partial charge in [-0.25, -0.2) is 0 Å². The Hall–Kier alpha value is 0.460. The Morgan fingerprint density at radius 3 is 2.00 bits per heavy atom. The van der Waals surface area contributed by atoms with E-state index in [9.17, 15) is 0 Å². The highest BCUT2D eigenvalue weighted by Crippen LogP contribution is 2.38. The van der Waals surface area contributed by atoms with Gasteiger partial charge in [0.25, 0.3) is 0 Å². The molecule has 0 saturated heterocycles. The molecule has 0 nitrogen and oxygen atoms in total. The van der Waals surface area contributed by atoms with Crippen LogP contribution in [0, 0.1) is 0 Å². The maximum absolute atomic E-state index is 6.34. The van der Waals surface area contributed by atoms with Crippen LogP contribution in [-0.4, -0.2) is 10.7 Å². The highest BCUT2D eigenvalue weighted by molar-refractivity contribution is 9.10. The van der Waals surface area contributed by atoms with Gasteiger partial charge in [0.1, 0.15) is 0 Å². The SMILES string of the molecule is Clc1cccc(Cl)c1CC(CBr)(CBr)c1cccc(Br)c1. The van der Waals surface area contributed by atoms with Crippen molar-refractivity contribution in [1.29, 1.82) is 0 Å². The van der Waals surface area contributed by atoms with E-state index in [2.05, 4.69) is 59.9 Å². The zero-order valence-corrected chi connectivity index (χ0v) is 17.3. The lowest BCUT2D eigenvalue weighted by Crippen LogP contribution is -2.33. The molecule has 0 aliphatic heterocycles. The summed E-state index contributed by atoms with van der Waals surface area (Å²) in [7, 11) is 0. The quantitative estimate of drug-likeness (QED) is 0.375. The fourth-order valence-electron chi connectivity index (χ4n) is 2.24. The first-order valence-corrected chi connectivity index (χ1v) is 10.1. The van der Waals surface area contributed by atoms with Crippen LogP contribution in [0.3, 0.4) is 0 Å². The third kappa shape index (κ3) is 4.06. The lowest BCUT2D eigenvalue weighted by molar-refractivity contribution is 0.551. The van der Waals surface area contributed by atoms with E-state index in [1.807, 2.05) is 30.3 Å². The highest BCUT2D eigenvalue weighted by Gasteiger charge is 2.32. The first kappa shape index (κ1) is 17.8. The Kier molecular flexibility index (Phi) is 6.64. The molecule has 2 aromatic carbocycles. The van der Waals surface area contributed by atoms with E-state index < -0.39 is 0 Å². The minimum atomic E-state index is -0.113. The molecular formula is C16H13Br3Cl2. The van der Waals surface area contributed by atoms with Gasteiger partial charge in [0.15, 0.2) is 0 Å². The third-order valence-corrected chi connectivity index (χ3v) is 6.87. The van der Waals surface area contributed by atoms with Gasteiger partial charge in [0.2, 0.25) is 0 Å². The fraction of sp³-hybridized carbons (Fsp3) is 0.250. The first-order chi connectivity index (χ1) is 10.0. The molecule has 0 radical (unpaired) electrons. The maximum atomic E-state index is 6.34. The monoisotopic (exact) mass is 512 g/mol. The van der Waals surface area contributed by atoms with E-state index in [0.717, 1.165) is 27.1 Å². The predicted octanol–water partition coefficient (Wildman–Crippen LogP) is 7.03. The van der Waals surface area contributed by atoms with Crippen LogP contribution in [0.15, 0.2) is 46.9 Å². The standard InChI is InChI=1S/C16H13Br3Cl2/c17-9-16(10-18,11-3-1-4-12(19)7-11)8-13-14(20)5-2-6-15(13)21/h1-7H,8-10H2. The lowest BCUT2D eigenvalue weighted by atomic mass is 9.79. The smallest absolute Gasteiger partial charge is 0.0453 e. The molecule has 2 aromatic rings. The van der Waals surface area contributed by atoms with Crippen molar-refractivity contribution in [3.63, 3.8) is 0 Å². The minimum absolute atomic E-state index is 0.113. The largest absolute Gasteiger partial charge is 0.0918 e. The summed E-state index contributed by atoms with van der Waals surface area (Å²) in [5, 5.41) is 3.04. The van der Waals surface area contributed by atoms with Gasteiger partial charge in [-0.3, -0.25) is 0 Å². The van der Waals surface area contributed by atoms with E-state index in [0.29, 0.717) is 10.0 Å². The van der Waals surface area contributed by atoms with E-state index in [1.54, 1.807) is 0 Å². The molecule has 0 aliphatic rings. The van der Waals surface area contributed by atoms with E-state index in [-0.39, 0.29) is 5.41 Å². The molecular weight excluding hydrogens is 503 g/mol. The van der Waals surface area contributed by atoms with Crippen molar-refractivity contribution >= 4 is 71.0 Å².